The lowest BCUT2D eigenvalue weighted by Crippen LogP contribution is -2.38. The molecule has 1 heterocycles. The number of halogens is 1. The summed E-state index contributed by atoms with van der Waals surface area (Å²) in [4.78, 5) is 8.39. The number of benzene rings is 1. The highest BCUT2D eigenvalue weighted by molar-refractivity contribution is 5.79. The van der Waals surface area contributed by atoms with Crippen LogP contribution in [0.15, 0.2) is 33.8 Å². The molecule has 0 radical (unpaired) electrons. The van der Waals surface area contributed by atoms with E-state index in [2.05, 4.69) is 25.8 Å². The van der Waals surface area contributed by atoms with Gasteiger partial charge in [0, 0.05) is 20.2 Å². The second kappa shape index (κ2) is 9.73. The van der Waals surface area contributed by atoms with E-state index in [1.807, 2.05) is 19.9 Å². The van der Waals surface area contributed by atoms with E-state index in [4.69, 9.17) is 9.26 Å². The zero-order valence-electron chi connectivity index (χ0n) is 14.8. The molecule has 0 spiro atoms. The highest BCUT2D eigenvalue weighted by Gasteiger charge is 2.13. The topological polar surface area (TPSA) is 84.6 Å². The van der Waals surface area contributed by atoms with E-state index in [-0.39, 0.29) is 11.9 Å². The third-order valence-corrected chi connectivity index (χ3v) is 3.54. The van der Waals surface area contributed by atoms with Crippen molar-refractivity contribution < 1.29 is 13.7 Å². The van der Waals surface area contributed by atoms with Gasteiger partial charge in [-0.15, -0.1) is 0 Å². The van der Waals surface area contributed by atoms with Crippen molar-refractivity contribution >= 4 is 5.96 Å². The molecule has 7 nitrogen and oxygen atoms in total. The van der Waals surface area contributed by atoms with Crippen LogP contribution in [0, 0.1) is 5.82 Å². The van der Waals surface area contributed by atoms with Gasteiger partial charge in [-0.3, -0.25) is 4.99 Å². The number of nitrogens with zero attached hydrogens (tertiary/aromatic N) is 3. The van der Waals surface area contributed by atoms with Crippen LogP contribution in [0.1, 0.15) is 37.2 Å². The zero-order valence-corrected chi connectivity index (χ0v) is 14.8. The normalized spacial score (nSPS) is 12.9. The van der Waals surface area contributed by atoms with Crippen LogP contribution in [-0.2, 0) is 17.7 Å². The number of aromatic nitrogens is 2. The first-order valence-electron chi connectivity index (χ1n) is 8.26. The standard InChI is InChI=1S/C17H24FN5O2/c1-4-24-12(2)16-22-15(25-23-16)11-21-17(19-3)20-10-9-13-7-5-6-8-14(13)18/h5-8,12H,4,9-11H2,1-3H3,(H2,19,20,21). The van der Waals surface area contributed by atoms with Crippen molar-refractivity contribution in [3.05, 3.63) is 47.4 Å². The third kappa shape index (κ3) is 5.82. The van der Waals surface area contributed by atoms with Gasteiger partial charge in [0.1, 0.15) is 11.9 Å². The van der Waals surface area contributed by atoms with E-state index in [1.165, 1.54) is 6.07 Å². The average Bonchev–Trinajstić information content (AvgIpc) is 3.09. The second-order valence-electron chi connectivity index (χ2n) is 5.34. The first kappa shape index (κ1) is 18.9. The average molecular weight is 349 g/mol. The number of rotatable bonds is 8. The zero-order chi connectivity index (χ0) is 18.1. The molecule has 1 aromatic carbocycles. The fraction of sp³-hybridized carbons (Fsp3) is 0.471. The van der Waals surface area contributed by atoms with Crippen molar-refractivity contribution in [3.63, 3.8) is 0 Å². The molecule has 1 unspecified atom stereocenters. The Hall–Kier alpha value is -2.48. The second-order valence-corrected chi connectivity index (χ2v) is 5.34. The summed E-state index contributed by atoms with van der Waals surface area (Å²) in [7, 11) is 1.66. The minimum Gasteiger partial charge on any atom is -0.371 e. The minimum atomic E-state index is -0.208. The summed E-state index contributed by atoms with van der Waals surface area (Å²) in [5, 5.41) is 10.1. The summed E-state index contributed by atoms with van der Waals surface area (Å²) in [6, 6.07) is 6.73. The summed E-state index contributed by atoms with van der Waals surface area (Å²) in [5.74, 6) is 1.34. The summed E-state index contributed by atoms with van der Waals surface area (Å²) >= 11 is 0. The first-order valence-corrected chi connectivity index (χ1v) is 8.26. The number of nitrogens with one attached hydrogen (secondary N) is 2. The van der Waals surface area contributed by atoms with E-state index in [0.717, 1.165) is 0 Å². The lowest BCUT2D eigenvalue weighted by molar-refractivity contribution is 0.0683. The van der Waals surface area contributed by atoms with Crippen molar-refractivity contribution in [2.75, 3.05) is 20.2 Å². The summed E-state index contributed by atoms with van der Waals surface area (Å²) < 4.78 is 24.2. The van der Waals surface area contributed by atoms with Gasteiger partial charge in [-0.05, 0) is 31.9 Å². The van der Waals surface area contributed by atoms with Gasteiger partial charge in [-0.2, -0.15) is 4.98 Å². The predicted molar refractivity (Wildman–Crippen MR) is 92.6 cm³/mol. The van der Waals surface area contributed by atoms with Crippen LogP contribution in [-0.4, -0.2) is 36.3 Å². The molecule has 2 N–H and O–H groups in total. The molecule has 8 heteroatoms. The number of aliphatic imine (C=N–C) groups is 1. The Kier molecular flexibility index (Phi) is 7.34. The molecule has 0 aliphatic carbocycles. The van der Waals surface area contributed by atoms with Crippen LogP contribution in [0.4, 0.5) is 4.39 Å². The van der Waals surface area contributed by atoms with Gasteiger partial charge in [0.25, 0.3) is 0 Å². The molecule has 136 valence electrons. The van der Waals surface area contributed by atoms with Gasteiger partial charge in [0.2, 0.25) is 5.89 Å². The molecule has 1 atom stereocenters. The van der Waals surface area contributed by atoms with Crippen LogP contribution in [0.3, 0.4) is 0 Å². The maximum Gasteiger partial charge on any atom is 0.246 e. The van der Waals surface area contributed by atoms with Gasteiger partial charge in [-0.1, -0.05) is 23.4 Å². The van der Waals surface area contributed by atoms with Crippen molar-refractivity contribution in [2.24, 2.45) is 4.99 Å². The van der Waals surface area contributed by atoms with E-state index in [9.17, 15) is 4.39 Å². The lowest BCUT2D eigenvalue weighted by atomic mass is 10.1. The number of hydrogen-bond donors (Lipinski definition) is 2. The molecule has 0 fully saturated rings. The van der Waals surface area contributed by atoms with Crippen LogP contribution >= 0.6 is 0 Å². The van der Waals surface area contributed by atoms with E-state index in [0.29, 0.717) is 49.4 Å². The van der Waals surface area contributed by atoms with Crippen LogP contribution in [0.2, 0.25) is 0 Å². The molecule has 2 rings (SSSR count). The molecule has 0 saturated heterocycles. The Balaban J connectivity index is 1.78. The Morgan fingerprint density at radius 1 is 1.36 bits per heavy atom. The summed E-state index contributed by atoms with van der Waals surface area (Å²) in [6.07, 6.45) is 0.352. The Morgan fingerprint density at radius 2 is 2.16 bits per heavy atom. The number of hydrogen-bond acceptors (Lipinski definition) is 5. The first-order chi connectivity index (χ1) is 12.1. The maximum absolute atomic E-state index is 13.6. The highest BCUT2D eigenvalue weighted by atomic mass is 19.1. The smallest absolute Gasteiger partial charge is 0.246 e. The van der Waals surface area contributed by atoms with Crippen LogP contribution in [0.5, 0.6) is 0 Å². The van der Waals surface area contributed by atoms with Crippen molar-refractivity contribution in [1.82, 2.24) is 20.8 Å². The van der Waals surface area contributed by atoms with E-state index >= 15 is 0 Å². The van der Waals surface area contributed by atoms with Crippen molar-refractivity contribution in [2.45, 2.75) is 32.9 Å². The SMILES string of the molecule is CCOC(C)c1noc(CNC(=NC)NCCc2ccccc2F)n1. The molecule has 0 aliphatic heterocycles. The summed E-state index contributed by atoms with van der Waals surface area (Å²) in [5.41, 5.74) is 0.664. The maximum atomic E-state index is 13.6. The number of guanidine groups is 1. The molecule has 0 aliphatic rings. The van der Waals surface area contributed by atoms with E-state index < -0.39 is 0 Å². The molecule has 0 bridgehead atoms. The molecular weight excluding hydrogens is 325 g/mol. The van der Waals surface area contributed by atoms with Crippen LogP contribution in [0.25, 0.3) is 0 Å². The molecule has 2 aromatic rings. The molecule has 25 heavy (non-hydrogen) atoms. The fourth-order valence-electron chi connectivity index (χ4n) is 2.23. The van der Waals surface area contributed by atoms with Gasteiger partial charge in [0.15, 0.2) is 11.8 Å². The Bertz CT molecular complexity index is 689. The minimum absolute atomic E-state index is 0.200. The lowest BCUT2D eigenvalue weighted by Gasteiger charge is -2.10. The Morgan fingerprint density at radius 3 is 2.88 bits per heavy atom. The van der Waals surface area contributed by atoms with Gasteiger partial charge < -0.3 is 19.9 Å². The monoisotopic (exact) mass is 349 g/mol. The third-order valence-electron chi connectivity index (χ3n) is 3.54. The van der Waals surface area contributed by atoms with E-state index in [1.54, 1.807) is 19.2 Å². The fourth-order valence-corrected chi connectivity index (χ4v) is 2.23. The molecule has 1 aromatic heterocycles. The molecule has 0 amide bonds. The predicted octanol–water partition coefficient (Wildman–Crippen LogP) is 2.21. The molecule has 0 saturated carbocycles. The quantitative estimate of drug-likeness (QED) is 0.561. The molecular formula is C17H24FN5O2. The number of ether oxygens (including phenoxy) is 1. The summed E-state index contributed by atoms with van der Waals surface area (Å²) in [6.45, 7) is 5.26. The van der Waals surface area contributed by atoms with Gasteiger partial charge in [-0.25, -0.2) is 4.39 Å². The van der Waals surface area contributed by atoms with Crippen molar-refractivity contribution in [1.29, 1.82) is 0 Å². The van der Waals surface area contributed by atoms with Crippen molar-refractivity contribution in [3.8, 4) is 0 Å². The largest absolute Gasteiger partial charge is 0.371 e. The Labute approximate surface area is 146 Å². The highest BCUT2D eigenvalue weighted by Crippen LogP contribution is 2.12. The van der Waals surface area contributed by atoms with Crippen LogP contribution < -0.4 is 10.6 Å². The van der Waals surface area contributed by atoms with Gasteiger partial charge in [0.05, 0.1) is 6.54 Å². The van der Waals surface area contributed by atoms with Gasteiger partial charge >= 0.3 is 0 Å².